The first kappa shape index (κ1) is 14.9. The predicted molar refractivity (Wildman–Crippen MR) is 74.9 cm³/mol. The topological polar surface area (TPSA) is 160 Å². The van der Waals surface area contributed by atoms with Crippen molar-refractivity contribution in [3.05, 3.63) is 16.2 Å². The molecular weight excluding hydrogens is 294 g/mol. The number of nitrogens with two attached hydrogens (primary N) is 1. The van der Waals surface area contributed by atoms with E-state index < -0.39 is 36.2 Å². The van der Waals surface area contributed by atoms with Crippen LogP contribution in [0.3, 0.4) is 0 Å². The first-order valence-corrected chi connectivity index (χ1v) is 6.68. The molecule has 0 radical (unpaired) electrons. The summed E-state index contributed by atoms with van der Waals surface area (Å²) in [5.74, 6) is 0.255. The molecule has 0 aliphatic carbocycles. The maximum absolute atomic E-state index is 11.9. The van der Waals surface area contributed by atoms with Crippen LogP contribution in [0.1, 0.15) is 19.0 Å². The van der Waals surface area contributed by atoms with Crippen molar-refractivity contribution in [2.24, 2.45) is 0 Å². The molecule has 1 saturated heterocycles. The Hall–Kier alpha value is -2.01. The van der Waals surface area contributed by atoms with Gasteiger partial charge < -0.3 is 25.8 Å². The number of aliphatic hydroxyl groups excluding tert-OH is 2. The van der Waals surface area contributed by atoms with Crippen LogP contribution in [0.5, 0.6) is 0 Å². The molecule has 1 aliphatic heterocycles. The molecular formula is C12H17N5O5. The lowest BCUT2D eigenvalue weighted by Gasteiger charge is -2.28. The number of fused-ring (bicyclic) bond motifs is 1. The Balaban J connectivity index is 2.22. The van der Waals surface area contributed by atoms with Crippen LogP contribution in [0.25, 0.3) is 11.2 Å². The molecule has 0 spiro atoms. The fourth-order valence-corrected chi connectivity index (χ4v) is 2.76. The van der Waals surface area contributed by atoms with Crippen molar-refractivity contribution < 1.29 is 20.1 Å². The highest BCUT2D eigenvalue weighted by Crippen LogP contribution is 2.39. The molecule has 10 nitrogen and oxygen atoms in total. The highest BCUT2D eigenvalue weighted by atomic mass is 16.6. The summed E-state index contributed by atoms with van der Waals surface area (Å²) in [6.07, 6.45) is -3.34. The first-order valence-electron chi connectivity index (χ1n) is 6.68. The Labute approximate surface area is 124 Å². The van der Waals surface area contributed by atoms with Crippen molar-refractivity contribution in [3.8, 4) is 0 Å². The highest BCUT2D eigenvalue weighted by molar-refractivity contribution is 5.71. The van der Waals surface area contributed by atoms with E-state index in [4.69, 9.17) is 10.5 Å². The van der Waals surface area contributed by atoms with E-state index in [-0.39, 0.29) is 17.1 Å². The van der Waals surface area contributed by atoms with Crippen molar-refractivity contribution in [2.75, 3.05) is 12.3 Å². The minimum Gasteiger partial charge on any atom is -0.394 e. The lowest BCUT2D eigenvalue weighted by atomic mass is 9.96. The van der Waals surface area contributed by atoms with Crippen molar-refractivity contribution >= 4 is 17.1 Å². The number of nitrogens with one attached hydrogen (secondary N) is 1. The number of aromatic nitrogens is 4. The lowest BCUT2D eigenvalue weighted by molar-refractivity contribution is -0.0958. The van der Waals surface area contributed by atoms with Crippen LogP contribution >= 0.6 is 0 Å². The number of hydrogen-bond donors (Lipinski definition) is 5. The van der Waals surface area contributed by atoms with Gasteiger partial charge in [-0.15, -0.1) is 0 Å². The Kier molecular flexibility index (Phi) is 3.22. The Morgan fingerprint density at radius 3 is 2.77 bits per heavy atom. The van der Waals surface area contributed by atoms with E-state index in [1.807, 2.05) is 0 Å². The Morgan fingerprint density at radius 1 is 1.50 bits per heavy atom. The van der Waals surface area contributed by atoms with Crippen LogP contribution in [0.4, 0.5) is 5.95 Å². The minimum absolute atomic E-state index is 0.0491. The number of anilines is 1. The van der Waals surface area contributed by atoms with Gasteiger partial charge in [0.15, 0.2) is 17.4 Å². The zero-order valence-electron chi connectivity index (χ0n) is 12.0. The predicted octanol–water partition coefficient (Wildman–Crippen LogP) is -1.99. The summed E-state index contributed by atoms with van der Waals surface area (Å²) in [7, 11) is 0. The van der Waals surface area contributed by atoms with Crippen LogP contribution in [-0.2, 0) is 4.74 Å². The smallest absolute Gasteiger partial charge is 0.280 e. The van der Waals surface area contributed by atoms with Gasteiger partial charge in [-0.3, -0.25) is 14.3 Å². The number of aryl methyl sites for hydroxylation is 1. The summed E-state index contributed by atoms with van der Waals surface area (Å²) < 4.78 is 6.92. The first-order chi connectivity index (χ1) is 10.3. The van der Waals surface area contributed by atoms with Gasteiger partial charge in [0.05, 0.1) is 6.61 Å². The Morgan fingerprint density at radius 2 is 2.18 bits per heavy atom. The zero-order valence-corrected chi connectivity index (χ0v) is 12.0. The zero-order chi connectivity index (χ0) is 16.2. The molecule has 10 heteroatoms. The van der Waals surface area contributed by atoms with Crippen LogP contribution in [0, 0.1) is 6.92 Å². The van der Waals surface area contributed by atoms with Gasteiger partial charge in [-0.25, -0.2) is 4.98 Å². The Bertz CT molecular complexity index is 782. The molecule has 3 rings (SSSR count). The second kappa shape index (κ2) is 4.74. The van der Waals surface area contributed by atoms with Crippen molar-refractivity contribution in [1.29, 1.82) is 0 Å². The van der Waals surface area contributed by atoms with Gasteiger partial charge in [0, 0.05) is 0 Å². The van der Waals surface area contributed by atoms with E-state index in [2.05, 4.69) is 15.0 Å². The van der Waals surface area contributed by atoms with Crippen LogP contribution in [0.15, 0.2) is 4.79 Å². The standard InChI is InChI=1S/C12H17N5O5/c1-4-14-6-8(15-11(13)16-9(6)20)17(4)10-12(2,21)7(19)5(3-18)22-10/h5,7,10,18-19,21H,3H2,1-2H3,(H3,13,15,16,20)/t5-,7-,10-,12-/m1/s1. The number of ether oxygens (including phenoxy) is 1. The van der Waals surface area contributed by atoms with Crippen LogP contribution in [0.2, 0.25) is 0 Å². The third kappa shape index (κ3) is 1.92. The van der Waals surface area contributed by atoms with Crippen LogP contribution in [-0.4, -0.2) is 59.3 Å². The van der Waals surface area contributed by atoms with E-state index in [0.29, 0.717) is 5.82 Å². The SMILES string of the molecule is Cc1nc2c(=O)[nH]c(N)nc2n1[C@@H]1O[C@H](CO)[C@@H](O)[C@@]1(C)O. The number of imidazole rings is 1. The molecule has 1 aliphatic rings. The molecule has 2 aromatic rings. The number of hydrogen-bond acceptors (Lipinski definition) is 8. The third-order valence-corrected chi connectivity index (χ3v) is 3.91. The number of nitrogens with zero attached hydrogens (tertiary/aromatic N) is 3. The molecule has 0 bridgehead atoms. The minimum atomic E-state index is -1.70. The second-order valence-corrected chi connectivity index (χ2v) is 5.53. The average molecular weight is 311 g/mol. The molecule has 0 amide bonds. The van der Waals surface area contributed by atoms with Gasteiger partial charge >= 0.3 is 0 Å². The summed E-state index contributed by atoms with van der Waals surface area (Å²) in [5.41, 5.74) is 3.52. The third-order valence-electron chi connectivity index (χ3n) is 3.91. The summed E-state index contributed by atoms with van der Waals surface area (Å²) in [5, 5.41) is 29.9. The summed E-state index contributed by atoms with van der Waals surface area (Å²) >= 11 is 0. The number of aromatic amines is 1. The average Bonchev–Trinajstić information content (AvgIpc) is 2.86. The summed E-state index contributed by atoms with van der Waals surface area (Å²) in [6.45, 7) is 2.52. The highest BCUT2D eigenvalue weighted by Gasteiger charge is 2.53. The molecule has 0 aromatic carbocycles. The molecule has 0 unspecified atom stereocenters. The number of aliphatic hydroxyl groups is 3. The molecule has 0 saturated carbocycles. The van der Waals surface area contributed by atoms with E-state index in [9.17, 15) is 20.1 Å². The molecule has 6 N–H and O–H groups in total. The van der Waals surface area contributed by atoms with E-state index in [1.165, 1.54) is 11.5 Å². The quantitative estimate of drug-likeness (QED) is 0.426. The van der Waals surface area contributed by atoms with Crippen molar-refractivity contribution in [3.63, 3.8) is 0 Å². The van der Waals surface area contributed by atoms with Crippen LogP contribution < -0.4 is 11.3 Å². The lowest BCUT2D eigenvalue weighted by Crippen LogP contribution is -2.44. The van der Waals surface area contributed by atoms with Gasteiger partial charge in [-0.2, -0.15) is 4.98 Å². The normalized spacial score (nSPS) is 32.0. The molecule has 22 heavy (non-hydrogen) atoms. The van der Waals surface area contributed by atoms with Crippen molar-refractivity contribution in [1.82, 2.24) is 19.5 Å². The van der Waals surface area contributed by atoms with Gasteiger partial charge in [-0.05, 0) is 13.8 Å². The van der Waals surface area contributed by atoms with Gasteiger partial charge in [0.1, 0.15) is 23.6 Å². The number of nitrogen functional groups attached to an aromatic ring is 1. The summed E-state index contributed by atoms with van der Waals surface area (Å²) in [6, 6.07) is 0. The van der Waals surface area contributed by atoms with Crippen molar-refractivity contribution in [2.45, 2.75) is 37.9 Å². The second-order valence-electron chi connectivity index (χ2n) is 5.53. The largest absolute Gasteiger partial charge is 0.394 e. The molecule has 1 fully saturated rings. The number of H-pyrrole nitrogens is 1. The van der Waals surface area contributed by atoms with E-state index >= 15 is 0 Å². The van der Waals surface area contributed by atoms with Gasteiger partial charge in [0.25, 0.3) is 5.56 Å². The number of rotatable bonds is 2. The summed E-state index contributed by atoms with van der Waals surface area (Å²) in [4.78, 5) is 22.4. The maximum Gasteiger partial charge on any atom is 0.280 e. The molecule has 3 heterocycles. The monoisotopic (exact) mass is 311 g/mol. The molecule has 4 atom stereocenters. The fourth-order valence-electron chi connectivity index (χ4n) is 2.76. The molecule has 120 valence electrons. The van der Waals surface area contributed by atoms with E-state index in [0.717, 1.165) is 0 Å². The maximum atomic E-state index is 11.9. The van der Waals surface area contributed by atoms with Gasteiger partial charge in [0.2, 0.25) is 5.95 Å². The van der Waals surface area contributed by atoms with E-state index in [1.54, 1.807) is 6.92 Å². The van der Waals surface area contributed by atoms with Gasteiger partial charge in [-0.1, -0.05) is 0 Å². The fraction of sp³-hybridized carbons (Fsp3) is 0.583. The molecule has 2 aromatic heterocycles.